The number of rotatable bonds is 3. The Labute approximate surface area is 143 Å². The van der Waals surface area contributed by atoms with Gasteiger partial charge in [-0.3, -0.25) is 9.59 Å². The molecule has 0 aliphatic carbocycles. The van der Waals surface area contributed by atoms with Crippen LogP contribution in [0, 0.1) is 6.92 Å². The van der Waals surface area contributed by atoms with Crippen LogP contribution in [-0.2, 0) is 11.3 Å². The maximum atomic E-state index is 13.0. The summed E-state index contributed by atoms with van der Waals surface area (Å²) in [5.41, 5.74) is 2.58. The van der Waals surface area contributed by atoms with Crippen LogP contribution < -0.4 is 0 Å². The maximum Gasteiger partial charge on any atom is 0.242 e. The van der Waals surface area contributed by atoms with E-state index in [1.54, 1.807) is 6.92 Å². The molecule has 1 saturated heterocycles. The molecular formula is C20H26N2O2. The molecule has 2 aromatic rings. The molecule has 2 atom stereocenters. The number of nitrogens with zero attached hydrogens (tertiary/aromatic N) is 2. The van der Waals surface area contributed by atoms with Crippen molar-refractivity contribution in [2.45, 2.75) is 65.6 Å². The van der Waals surface area contributed by atoms with Gasteiger partial charge in [0.05, 0.1) is 0 Å². The van der Waals surface area contributed by atoms with Gasteiger partial charge in [-0.1, -0.05) is 18.2 Å². The first kappa shape index (κ1) is 16.7. The second kappa shape index (κ2) is 6.42. The van der Waals surface area contributed by atoms with E-state index in [9.17, 15) is 9.59 Å². The second-order valence-electron chi connectivity index (χ2n) is 7.05. The van der Waals surface area contributed by atoms with Crippen LogP contribution in [0.5, 0.6) is 0 Å². The van der Waals surface area contributed by atoms with Gasteiger partial charge in [0, 0.05) is 34.2 Å². The SMILES string of the molecule is CC(=O)c1c(C)n(CC(=O)N2C(C)CCCC2C)c2ccccc12. The van der Waals surface area contributed by atoms with Crippen LogP contribution in [0.1, 0.15) is 56.1 Å². The van der Waals surface area contributed by atoms with Crippen LogP contribution in [-0.4, -0.2) is 33.2 Å². The summed E-state index contributed by atoms with van der Waals surface area (Å²) in [6.45, 7) is 8.10. The standard InChI is InChI=1S/C20H26N2O2/c1-13-8-7-9-14(2)22(13)19(24)12-21-15(3)20(16(4)23)17-10-5-6-11-18(17)21/h5-6,10-11,13-14H,7-9,12H2,1-4H3. The molecule has 2 unspecified atom stereocenters. The van der Waals surface area contributed by atoms with Crippen molar-refractivity contribution in [1.29, 1.82) is 0 Å². The zero-order valence-corrected chi connectivity index (χ0v) is 15.0. The number of para-hydroxylation sites is 1. The Morgan fingerprint density at radius 2 is 1.75 bits per heavy atom. The predicted molar refractivity (Wildman–Crippen MR) is 96.3 cm³/mol. The van der Waals surface area contributed by atoms with Gasteiger partial charge >= 0.3 is 0 Å². The molecule has 1 fully saturated rings. The smallest absolute Gasteiger partial charge is 0.242 e. The summed E-state index contributed by atoms with van der Waals surface area (Å²) >= 11 is 0. The van der Waals surface area contributed by atoms with Crippen LogP contribution >= 0.6 is 0 Å². The topological polar surface area (TPSA) is 42.3 Å². The zero-order chi connectivity index (χ0) is 17.4. The number of ketones is 1. The average Bonchev–Trinajstić information content (AvgIpc) is 2.80. The first-order chi connectivity index (χ1) is 11.4. The Morgan fingerprint density at radius 3 is 2.38 bits per heavy atom. The second-order valence-corrected chi connectivity index (χ2v) is 7.05. The van der Waals surface area contributed by atoms with Crippen LogP contribution in [0.2, 0.25) is 0 Å². The van der Waals surface area contributed by atoms with Gasteiger partial charge in [-0.25, -0.2) is 0 Å². The summed E-state index contributed by atoms with van der Waals surface area (Å²) < 4.78 is 2.00. The van der Waals surface area contributed by atoms with Gasteiger partial charge in [-0.05, 0) is 53.0 Å². The maximum absolute atomic E-state index is 13.0. The molecule has 2 heterocycles. The van der Waals surface area contributed by atoms with Crippen molar-refractivity contribution in [3.8, 4) is 0 Å². The molecule has 1 aromatic heterocycles. The van der Waals surface area contributed by atoms with Gasteiger partial charge in [-0.15, -0.1) is 0 Å². The van der Waals surface area contributed by atoms with Crippen molar-refractivity contribution in [2.75, 3.05) is 0 Å². The summed E-state index contributed by atoms with van der Waals surface area (Å²) in [5, 5.41) is 0.940. The Hall–Kier alpha value is -2.10. The highest BCUT2D eigenvalue weighted by Crippen LogP contribution is 2.28. The van der Waals surface area contributed by atoms with Crippen LogP contribution in [0.15, 0.2) is 24.3 Å². The average molecular weight is 326 g/mol. The minimum absolute atomic E-state index is 0.0506. The number of benzene rings is 1. The van der Waals surface area contributed by atoms with Gasteiger partial charge in [0.1, 0.15) is 6.54 Å². The van der Waals surface area contributed by atoms with E-state index >= 15 is 0 Å². The number of hydrogen-bond donors (Lipinski definition) is 0. The molecule has 4 heteroatoms. The van der Waals surface area contributed by atoms with Gasteiger partial charge in [0.25, 0.3) is 0 Å². The highest BCUT2D eigenvalue weighted by atomic mass is 16.2. The van der Waals surface area contributed by atoms with E-state index in [0.717, 1.165) is 35.0 Å². The highest BCUT2D eigenvalue weighted by molar-refractivity contribution is 6.08. The van der Waals surface area contributed by atoms with Crippen LogP contribution in [0.25, 0.3) is 10.9 Å². The third-order valence-electron chi connectivity index (χ3n) is 5.36. The Morgan fingerprint density at radius 1 is 1.12 bits per heavy atom. The molecule has 1 amide bonds. The summed E-state index contributed by atoms with van der Waals surface area (Å²) in [6, 6.07) is 8.43. The van der Waals surface area contributed by atoms with Gasteiger partial charge in [0.2, 0.25) is 5.91 Å². The summed E-state index contributed by atoms with van der Waals surface area (Å²) in [7, 11) is 0. The number of piperidine rings is 1. The number of Topliss-reactive ketones (excluding diaryl/α,β-unsaturated/α-hetero) is 1. The number of carbonyl (C=O) groups excluding carboxylic acids is 2. The number of amides is 1. The summed E-state index contributed by atoms with van der Waals surface area (Å²) in [6.07, 6.45) is 3.33. The van der Waals surface area contributed by atoms with Crippen molar-refractivity contribution < 1.29 is 9.59 Å². The van der Waals surface area contributed by atoms with Gasteiger partial charge < -0.3 is 9.47 Å². The van der Waals surface area contributed by atoms with E-state index in [-0.39, 0.29) is 23.8 Å². The molecule has 1 aliphatic rings. The fraction of sp³-hybridized carbons (Fsp3) is 0.500. The van der Waals surface area contributed by atoms with E-state index < -0.39 is 0 Å². The third kappa shape index (κ3) is 2.74. The quantitative estimate of drug-likeness (QED) is 0.802. The van der Waals surface area contributed by atoms with E-state index in [1.165, 1.54) is 6.42 Å². The number of aromatic nitrogens is 1. The number of hydrogen-bond acceptors (Lipinski definition) is 2. The van der Waals surface area contributed by atoms with E-state index in [4.69, 9.17) is 0 Å². The lowest BCUT2D eigenvalue weighted by molar-refractivity contribution is -0.137. The third-order valence-corrected chi connectivity index (χ3v) is 5.36. The van der Waals surface area contributed by atoms with Crippen molar-refractivity contribution in [3.63, 3.8) is 0 Å². The highest BCUT2D eigenvalue weighted by Gasteiger charge is 2.29. The molecule has 0 bridgehead atoms. The lowest BCUT2D eigenvalue weighted by Crippen LogP contribution is -2.48. The normalized spacial score (nSPS) is 21.2. The number of carbonyl (C=O) groups is 2. The van der Waals surface area contributed by atoms with E-state index in [0.29, 0.717) is 6.54 Å². The molecule has 1 aliphatic heterocycles. The van der Waals surface area contributed by atoms with Gasteiger partial charge in [-0.2, -0.15) is 0 Å². The Bertz CT molecular complexity index is 780. The van der Waals surface area contributed by atoms with Crippen LogP contribution in [0.3, 0.4) is 0 Å². The zero-order valence-electron chi connectivity index (χ0n) is 15.0. The van der Waals surface area contributed by atoms with E-state index in [2.05, 4.69) is 13.8 Å². The first-order valence-corrected chi connectivity index (χ1v) is 8.81. The lowest BCUT2D eigenvalue weighted by atomic mass is 9.97. The van der Waals surface area contributed by atoms with Crippen molar-refractivity contribution >= 4 is 22.6 Å². The Balaban J connectivity index is 2.00. The van der Waals surface area contributed by atoms with Gasteiger partial charge in [0.15, 0.2) is 5.78 Å². The van der Waals surface area contributed by atoms with Crippen molar-refractivity contribution in [3.05, 3.63) is 35.5 Å². The largest absolute Gasteiger partial charge is 0.336 e. The molecule has 0 spiro atoms. The number of likely N-dealkylation sites (tertiary alicyclic amines) is 1. The molecular weight excluding hydrogens is 300 g/mol. The fourth-order valence-corrected chi connectivity index (χ4v) is 4.21. The molecule has 3 rings (SSSR count). The minimum Gasteiger partial charge on any atom is -0.336 e. The molecule has 0 N–H and O–H groups in total. The fourth-order valence-electron chi connectivity index (χ4n) is 4.21. The minimum atomic E-state index is 0.0506. The Kier molecular flexibility index (Phi) is 4.48. The van der Waals surface area contributed by atoms with Crippen LogP contribution in [0.4, 0.5) is 0 Å². The van der Waals surface area contributed by atoms with E-state index in [1.807, 2.05) is 40.7 Å². The molecule has 1 aromatic carbocycles. The molecule has 0 saturated carbocycles. The monoisotopic (exact) mass is 326 g/mol. The molecule has 4 nitrogen and oxygen atoms in total. The first-order valence-electron chi connectivity index (χ1n) is 8.81. The summed E-state index contributed by atoms with van der Waals surface area (Å²) in [5.74, 6) is 0.197. The van der Waals surface area contributed by atoms with Crippen molar-refractivity contribution in [1.82, 2.24) is 9.47 Å². The predicted octanol–water partition coefficient (Wildman–Crippen LogP) is 3.94. The van der Waals surface area contributed by atoms with Crippen molar-refractivity contribution in [2.24, 2.45) is 0 Å². The lowest BCUT2D eigenvalue weighted by Gasteiger charge is -2.39. The number of fused-ring (bicyclic) bond motifs is 1. The summed E-state index contributed by atoms with van der Waals surface area (Å²) in [4.78, 5) is 27.1. The molecule has 128 valence electrons. The molecule has 24 heavy (non-hydrogen) atoms. The molecule has 0 radical (unpaired) electrons.